The molecule has 0 spiro atoms. The van der Waals surface area contributed by atoms with Gasteiger partial charge < -0.3 is 24.6 Å². The number of hydrogen-bond acceptors (Lipinski definition) is 7. The van der Waals surface area contributed by atoms with E-state index in [1.807, 2.05) is 42.5 Å². The first kappa shape index (κ1) is 22.0. The minimum absolute atomic E-state index is 0.144. The summed E-state index contributed by atoms with van der Waals surface area (Å²) in [5.41, 5.74) is 3.27. The Balaban J connectivity index is 1.27. The van der Waals surface area contributed by atoms with E-state index < -0.39 is 12.2 Å². The Kier molecular flexibility index (Phi) is 7.14. The number of aromatic nitrogens is 2. The monoisotopic (exact) mass is 437 g/mol. The van der Waals surface area contributed by atoms with E-state index in [0.29, 0.717) is 37.3 Å². The molecule has 3 heterocycles. The number of aliphatic hydroxyl groups is 1. The van der Waals surface area contributed by atoms with E-state index in [1.54, 1.807) is 19.4 Å². The summed E-state index contributed by atoms with van der Waals surface area (Å²) in [6.07, 6.45) is 1.95. The van der Waals surface area contributed by atoms with E-state index in [1.165, 1.54) is 0 Å². The fraction of sp³-hybridized carbons (Fsp3) is 0.375. The Labute approximate surface area is 186 Å². The van der Waals surface area contributed by atoms with Crippen molar-refractivity contribution < 1.29 is 24.1 Å². The van der Waals surface area contributed by atoms with Gasteiger partial charge in [-0.2, -0.15) is 0 Å². The first-order valence-electron chi connectivity index (χ1n) is 10.7. The predicted octanol–water partition coefficient (Wildman–Crippen LogP) is 3.02. The standard InChI is InChI=1S/C24H27N3O5/c1-30-22-10-8-19-23(27-22)17(11-12-25-19)13-20(28)21-9-7-18(15-31-21)26-24(29)32-14-16-5-3-2-4-6-16/h2-6,8,10-12,18,20-21,28H,7,9,13-15H2,1H3,(H,26,29)/t18-,20-,21+/m1/s1. The molecule has 1 fully saturated rings. The van der Waals surface area contributed by atoms with Crippen LogP contribution in [0.15, 0.2) is 54.7 Å². The molecule has 1 aromatic carbocycles. The third-order valence-electron chi connectivity index (χ3n) is 5.56. The summed E-state index contributed by atoms with van der Waals surface area (Å²) in [6.45, 7) is 0.547. The maximum Gasteiger partial charge on any atom is 0.407 e. The number of carbonyl (C=O) groups is 1. The third-order valence-corrected chi connectivity index (χ3v) is 5.56. The highest BCUT2D eigenvalue weighted by Crippen LogP contribution is 2.23. The van der Waals surface area contributed by atoms with Gasteiger partial charge in [0.2, 0.25) is 5.88 Å². The van der Waals surface area contributed by atoms with Gasteiger partial charge in [0.1, 0.15) is 6.61 Å². The number of alkyl carbamates (subject to hydrolysis) is 1. The zero-order valence-corrected chi connectivity index (χ0v) is 17.9. The molecule has 8 nitrogen and oxygen atoms in total. The Morgan fingerprint density at radius 1 is 1.22 bits per heavy atom. The molecule has 0 unspecified atom stereocenters. The molecule has 0 aliphatic carbocycles. The number of pyridine rings is 2. The molecule has 2 aromatic heterocycles. The number of methoxy groups -OCH3 is 1. The molecule has 3 aromatic rings. The number of nitrogens with one attached hydrogen (secondary N) is 1. The van der Waals surface area contributed by atoms with Crippen LogP contribution in [0.5, 0.6) is 5.88 Å². The fourth-order valence-corrected chi connectivity index (χ4v) is 3.82. The fourth-order valence-electron chi connectivity index (χ4n) is 3.82. The van der Waals surface area contributed by atoms with Crippen molar-refractivity contribution in [2.24, 2.45) is 0 Å². The van der Waals surface area contributed by atoms with Crippen LogP contribution in [-0.4, -0.2) is 53.1 Å². The highest BCUT2D eigenvalue weighted by atomic mass is 16.5. The molecule has 1 aliphatic heterocycles. The molecule has 8 heteroatoms. The Bertz CT molecular complexity index is 1040. The zero-order chi connectivity index (χ0) is 22.3. The van der Waals surface area contributed by atoms with Crippen molar-refractivity contribution in [3.63, 3.8) is 0 Å². The summed E-state index contributed by atoms with van der Waals surface area (Å²) in [4.78, 5) is 20.9. The number of hydrogen-bond donors (Lipinski definition) is 2. The van der Waals surface area contributed by atoms with Gasteiger partial charge in [0.15, 0.2) is 0 Å². The van der Waals surface area contributed by atoms with Gasteiger partial charge in [0, 0.05) is 18.7 Å². The van der Waals surface area contributed by atoms with Crippen molar-refractivity contribution in [3.05, 3.63) is 65.9 Å². The van der Waals surface area contributed by atoms with Crippen molar-refractivity contribution in [2.75, 3.05) is 13.7 Å². The van der Waals surface area contributed by atoms with Crippen molar-refractivity contribution >= 4 is 17.1 Å². The minimum Gasteiger partial charge on any atom is -0.481 e. The summed E-state index contributed by atoms with van der Waals surface area (Å²) in [7, 11) is 1.57. The largest absolute Gasteiger partial charge is 0.481 e. The second kappa shape index (κ2) is 10.4. The van der Waals surface area contributed by atoms with Crippen LogP contribution in [0.25, 0.3) is 11.0 Å². The van der Waals surface area contributed by atoms with Crippen LogP contribution >= 0.6 is 0 Å². The van der Waals surface area contributed by atoms with E-state index in [0.717, 1.165) is 16.6 Å². The summed E-state index contributed by atoms with van der Waals surface area (Å²) < 4.78 is 16.3. The number of aliphatic hydroxyl groups excluding tert-OH is 1. The lowest BCUT2D eigenvalue weighted by Crippen LogP contribution is -2.46. The highest BCUT2D eigenvalue weighted by molar-refractivity contribution is 5.78. The van der Waals surface area contributed by atoms with Crippen molar-refractivity contribution in [2.45, 2.75) is 44.1 Å². The first-order valence-corrected chi connectivity index (χ1v) is 10.7. The van der Waals surface area contributed by atoms with E-state index in [9.17, 15) is 9.90 Å². The van der Waals surface area contributed by atoms with E-state index in [4.69, 9.17) is 14.2 Å². The maximum atomic E-state index is 12.1. The van der Waals surface area contributed by atoms with Crippen LogP contribution in [-0.2, 0) is 22.5 Å². The Morgan fingerprint density at radius 2 is 2.06 bits per heavy atom. The topological polar surface area (TPSA) is 103 Å². The predicted molar refractivity (Wildman–Crippen MR) is 118 cm³/mol. The van der Waals surface area contributed by atoms with Gasteiger partial charge >= 0.3 is 6.09 Å². The lowest BCUT2D eigenvalue weighted by atomic mass is 9.96. The number of ether oxygens (including phenoxy) is 3. The van der Waals surface area contributed by atoms with Crippen LogP contribution in [0.3, 0.4) is 0 Å². The SMILES string of the molecule is COc1ccc2nccc(C[C@@H](O)[C@@H]3CC[C@@H](NC(=O)OCc4ccccc4)CO3)c2n1. The molecule has 32 heavy (non-hydrogen) atoms. The molecular formula is C24H27N3O5. The van der Waals surface area contributed by atoms with Crippen LogP contribution in [0.1, 0.15) is 24.0 Å². The van der Waals surface area contributed by atoms with Crippen molar-refractivity contribution in [1.82, 2.24) is 15.3 Å². The number of benzene rings is 1. The average molecular weight is 437 g/mol. The number of amides is 1. The maximum absolute atomic E-state index is 12.1. The molecule has 0 bridgehead atoms. The number of carbonyl (C=O) groups excluding carboxylic acids is 1. The summed E-state index contributed by atoms with van der Waals surface area (Å²) >= 11 is 0. The zero-order valence-electron chi connectivity index (χ0n) is 17.9. The second-order valence-corrected chi connectivity index (χ2v) is 7.82. The Hall–Kier alpha value is -3.23. The lowest BCUT2D eigenvalue weighted by Gasteiger charge is -2.32. The molecule has 1 amide bonds. The summed E-state index contributed by atoms with van der Waals surface area (Å²) in [6, 6.07) is 14.8. The van der Waals surface area contributed by atoms with Gasteiger partial charge in [-0.25, -0.2) is 9.78 Å². The van der Waals surface area contributed by atoms with Crippen LogP contribution in [0.2, 0.25) is 0 Å². The van der Waals surface area contributed by atoms with Gasteiger partial charge in [-0.3, -0.25) is 4.98 Å². The average Bonchev–Trinajstić information content (AvgIpc) is 2.84. The van der Waals surface area contributed by atoms with Gasteiger partial charge in [0.25, 0.3) is 0 Å². The molecule has 0 radical (unpaired) electrons. The lowest BCUT2D eigenvalue weighted by molar-refractivity contribution is -0.0710. The molecule has 1 aliphatic rings. The van der Waals surface area contributed by atoms with E-state index >= 15 is 0 Å². The van der Waals surface area contributed by atoms with Gasteiger partial charge in [0.05, 0.1) is 43.0 Å². The van der Waals surface area contributed by atoms with Crippen molar-refractivity contribution in [3.8, 4) is 5.88 Å². The number of rotatable bonds is 7. The summed E-state index contributed by atoms with van der Waals surface area (Å²) in [5, 5.41) is 13.6. The number of nitrogens with zero attached hydrogens (tertiary/aromatic N) is 2. The van der Waals surface area contributed by atoms with Gasteiger partial charge in [-0.05, 0) is 36.1 Å². The van der Waals surface area contributed by atoms with E-state index in [-0.39, 0.29) is 18.8 Å². The Morgan fingerprint density at radius 3 is 2.81 bits per heavy atom. The molecule has 0 saturated carbocycles. The van der Waals surface area contributed by atoms with Crippen LogP contribution in [0.4, 0.5) is 4.79 Å². The van der Waals surface area contributed by atoms with Gasteiger partial charge in [-0.15, -0.1) is 0 Å². The van der Waals surface area contributed by atoms with Gasteiger partial charge in [-0.1, -0.05) is 30.3 Å². The quantitative estimate of drug-likeness (QED) is 0.586. The van der Waals surface area contributed by atoms with Crippen LogP contribution in [0, 0.1) is 0 Å². The highest BCUT2D eigenvalue weighted by Gasteiger charge is 2.29. The first-order chi connectivity index (χ1) is 15.6. The third kappa shape index (κ3) is 5.52. The second-order valence-electron chi connectivity index (χ2n) is 7.82. The molecule has 2 N–H and O–H groups in total. The molecule has 4 rings (SSSR count). The van der Waals surface area contributed by atoms with Crippen molar-refractivity contribution in [1.29, 1.82) is 0 Å². The molecular weight excluding hydrogens is 410 g/mol. The normalized spacial score (nSPS) is 19.3. The van der Waals surface area contributed by atoms with E-state index in [2.05, 4.69) is 15.3 Å². The smallest absolute Gasteiger partial charge is 0.407 e. The molecule has 168 valence electrons. The molecule has 3 atom stereocenters. The molecule has 1 saturated heterocycles. The minimum atomic E-state index is -0.695. The number of fused-ring (bicyclic) bond motifs is 1. The van der Waals surface area contributed by atoms with Crippen LogP contribution < -0.4 is 10.1 Å². The summed E-state index contributed by atoms with van der Waals surface area (Å²) in [5.74, 6) is 0.503.